The molecule has 1 saturated heterocycles. The van der Waals surface area contributed by atoms with E-state index in [1.54, 1.807) is 18.2 Å². The van der Waals surface area contributed by atoms with Crippen molar-refractivity contribution in [3.63, 3.8) is 0 Å². The summed E-state index contributed by atoms with van der Waals surface area (Å²) in [6.07, 6.45) is -0.0961. The highest BCUT2D eigenvalue weighted by Gasteiger charge is 2.32. The highest BCUT2D eigenvalue weighted by Crippen LogP contribution is 2.26. The van der Waals surface area contributed by atoms with Gasteiger partial charge in [0.05, 0.1) is 11.1 Å². The van der Waals surface area contributed by atoms with Crippen LogP contribution in [0, 0.1) is 0 Å². The van der Waals surface area contributed by atoms with Gasteiger partial charge in [-0.2, -0.15) is 4.31 Å². The summed E-state index contributed by atoms with van der Waals surface area (Å²) >= 11 is 5.86. The zero-order chi connectivity index (χ0) is 11.8. The molecule has 1 atom stereocenters. The molecule has 1 aromatic carbocycles. The molecule has 2 rings (SSSR count). The summed E-state index contributed by atoms with van der Waals surface area (Å²) < 4.78 is 25.5. The summed E-state index contributed by atoms with van der Waals surface area (Å²) in [7, 11) is -3.56. The van der Waals surface area contributed by atoms with Crippen LogP contribution < -0.4 is 0 Å². The van der Waals surface area contributed by atoms with Gasteiger partial charge < -0.3 is 5.11 Å². The first-order chi connectivity index (χ1) is 7.51. The van der Waals surface area contributed by atoms with E-state index in [0.29, 0.717) is 13.0 Å². The molecular formula is C10H12ClNO3S. The van der Waals surface area contributed by atoms with E-state index in [2.05, 4.69) is 0 Å². The predicted molar refractivity (Wildman–Crippen MR) is 60.8 cm³/mol. The second-order valence-corrected chi connectivity index (χ2v) is 6.05. The number of benzene rings is 1. The monoisotopic (exact) mass is 261 g/mol. The minimum Gasteiger partial charge on any atom is -0.392 e. The van der Waals surface area contributed by atoms with Crippen LogP contribution in [-0.4, -0.2) is 37.0 Å². The predicted octanol–water partition coefficient (Wildman–Crippen LogP) is 1.10. The van der Waals surface area contributed by atoms with Crippen LogP contribution >= 0.6 is 11.6 Å². The molecule has 1 unspecified atom stereocenters. The van der Waals surface area contributed by atoms with E-state index in [1.165, 1.54) is 10.4 Å². The highest BCUT2D eigenvalue weighted by molar-refractivity contribution is 7.89. The molecule has 0 aliphatic carbocycles. The summed E-state index contributed by atoms with van der Waals surface area (Å²) in [5.41, 5.74) is 0. The quantitative estimate of drug-likeness (QED) is 0.867. The normalized spacial score (nSPS) is 22.5. The van der Waals surface area contributed by atoms with E-state index < -0.39 is 16.1 Å². The van der Waals surface area contributed by atoms with Crippen LogP contribution in [0.25, 0.3) is 0 Å². The van der Waals surface area contributed by atoms with Gasteiger partial charge in [0.2, 0.25) is 10.0 Å². The maximum atomic E-state index is 12.1. The average Bonchev–Trinajstić information content (AvgIpc) is 2.66. The molecular weight excluding hydrogens is 250 g/mol. The lowest BCUT2D eigenvalue weighted by atomic mass is 10.3. The van der Waals surface area contributed by atoms with Crippen LogP contribution in [0.1, 0.15) is 6.42 Å². The van der Waals surface area contributed by atoms with Gasteiger partial charge in [0, 0.05) is 13.1 Å². The molecule has 0 saturated carbocycles. The summed E-state index contributed by atoms with van der Waals surface area (Å²) in [5.74, 6) is 0. The van der Waals surface area contributed by atoms with Gasteiger partial charge in [-0.25, -0.2) is 8.42 Å². The van der Waals surface area contributed by atoms with Crippen molar-refractivity contribution in [2.24, 2.45) is 0 Å². The number of nitrogens with zero attached hydrogens (tertiary/aromatic N) is 1. The molecule has 1 aromatic rings. The Morgan fingerprint density at radius 2 is 2.06 bits per heavy atom. The number of β-amino-alcohol motifs (C(OH)–C–C–N with tert-alkyl or cyclic N) is 1. The molecule has 1 aliphatic heterocycles. The number of halogens is 1. The van der Waals surface area contributed by atoms with E-state index in [0.717, 1.165) is 0 Å². The molecule has 1 N–H and O–H groups in total. The second-order valence-electron chi connectivity index (χ2n) is 3.74. The van der Waals surface area contributed by atoms with Gasteiger partial charge in [0.1, 0.15) is 4.90 Å². The third-order valence-corrected chi connectivity index (χ3v) is 4.95. The fraction of sp³-hybridized carbons (Fsp3) is 0.400. The van der Waals surface area contributed by atoms with Crippen molar-refractivity contribution in [1.82, 2.24) is 4.31 Å². The van der Waals surface area contributed by atoms with Crippen molar-refractivity contribution in [2.45, 2.75) is 17.4 Å². The molecule has 0 radical (unpaired) electrons. The number of sulfonamides is 1. The molecule has 6 heteroatoms. The third kappa shape index (κ3) is 2.08. The highest BCUT2D eigenvalue weighted by atomic mass is 35.5. The van der Waals surface area contributed by atoms with Gasteiger partial charge in [0.15, 0.2) is 0 Å². The Kier molecular flexibility index (Phi) is 3.21. The number of rotatable bonds is 2. The van der Waals surface area contributed by atoms with E-state index in [1.807, 2.05) is 0 Å². The Morgan fingerprint density at radius 1 is 1.38 bits per heavy atom. The Hall–Kier alpha value is -0.620. The van der Waals surface area contributed by atoms with Crippen molar-refractivity contribution in [1.29, 1.82) is 0 Å². The number of aliphatic hydroxyl groups excluding tert-OH is 1. The second kappa shape index (κ2) is 4.33. The summed E-state index contributed by atoms with van der Waals surface area (Å²) in [5, 5.41) is 9.55. The molecule has 1 fully saturated rings. The average molecular weight is 262 g/mol. The van der Waals surface area contributed by atoms with Crippen LogP contribution in [0.5, 0.6) is 0 Å². The van der Waals surface area contributed by atoms with E-state index >= 15 is 0 Å². The standard InChI is InChI=1S/C10H12ClNO3S/c11-9-3-1-2-4-10(9)16(14,15)12-6-5-8(13)7-12/h1-4,8,13H,5-7H2. The summed E-state index contributed by atoms with van der Waals surface area (Å²) in [4.78, 5) is 0.103. The van der Waals surface area contributed by atoms with Crippen molar-refractivity contribution >= 4 is 21.6 Å². The third-order valence-electron chi connectivity index (χ3n) is 2.58. The van der Waals surface area contributed by atoms with Gasteiger partial charge in [-0.05, 0) is 18.6 Å². The zero-order valence-corrected chi connectivity index (χ0v) is 10.1. The fourth-order valence-corrected chi connectivity index (χ4v) is 3.71. The zero-order valence-electron chi connectivity index (χ0n) is 8.51. The first-order valence-electron chi connectivity index (χ1n) is 4.94. The molecule has 16 heavy (non-hydrogen) atoms. The van der Waals surface area contributed by atoms with Gasteiger partial charge >= 0.3 is 0 Å². The van der Waals surface area contributed by atoms with E-state index in [-0.39, 0.29) is 16.5 Å². The molecule has 0 spiro atoms. The van der Waals surface area contributed by atoms with Crippen molar-refractivity contribution in [3.05, 3.63) is 29.3 Å². The molecule has 0 aromatic heterocycles. The van der Waals surface area contributed by atoms with Crippen LogP contribution in [0.15, 0.2) is 29.2 Å². The lowest BCUT2D eigenvalue weighted by Crippen LogP contribution is -2.29. The minimum absolute atomic E-state index is 0.103. The van der Waals surface area contributed by atoms with Gasteiger partial charge in [0.25, 0.3) is 0 Å². The smallest absolute Gasteiger partial charge is 0.244 e. The van der Waals surface area contributed by atoms with Crippen LogP contribution in [-0.2, 0) is 10.0 Å². The van der Waals surface area contributed by atoms with Crippen LogP contribution in [0.2, 0.25) is 5.02 Å². The largest absolute Gasteiger partial charge is 0.392 e. The summed E-state index contributed by atoms with van der Waals surface area (Å²) in [6.45, 7) is 0.488. The van der Waals surface area contributed by atoms with Crippen LogP contribution in [0.4, 0.5) is 0 Å². The first kappa shape index (κ1) is 11.9. The molecule has 0 bridgehead atoms. The Balaban J connectivity index is 2.36. The molecule has 4 nitrogen and oxygen atoms in total. The van der Waals surface area contributed by atoms with Crippen molar-refractivity contribution < 1.29 is 13.5 Å². The minimum atomic E-state index is -3.56. The van der Waals surface area contributed by atoms with Gasteiger partial charge in [-0.15, -0.1) is 0 Å². The van der Waals surface area contributed by atoms with Crippen molar-refractivity contribution in [2.75, 3.05) is 13.1 Å². The topological polar surface area (TPSA) is 57.6 Å². The number of aliphatic hydroxyl groups is 1. The van der Waals surface area contributed by atoms with Crippen LogP contribution in [0.3, 0.4) is 0 Å². The Bertz CT molecular complexity index is 489. The molecule has 1 heterocycles. The fourth-order valence-electron chi connectivity index (χ4n) is 1.72. The molecule has 1 aliphatic rings. The lowest BCUT2D eigenvalue weighted by Gasteiger charge is -2.16. The number of hydrogen-bond acceptors (Lipinski definition) is 3. The van der Waals surface area contributed by atoms with Gasteiger partial charge in [-0.3, -0.25) is 0 Å². The van der Waals surface area contributed by atoms with E-state index in [9.17, 15) is 13.5 Å². The maximum Gasteiger partial charge on any atom is 0.244 e. The van der Waals surface area contributed by atoms with Gasteiger partial charge in [-0.1, -0.05) is 23.7 Å². The van der Waals surface area contributed by atoms with Crippen molar-refractivity contribution in [3.8, 4) is 0 Å². The maximum absolute atomic E-state index is 12.1. The SMILES string of the molecule is O=S(=O)(c1ccccc1Cl)N1CCC(O)C1. The lowest BCUT2D eigenvalue weighted by molar-refractivity contribution is 0.189. The summed E-state index contributed by atoms with van der Waals surface area (Å²) in [6, 6.07) is 6.33. The molecule has 88 valence electrons. The number of hydrogen-bond donors (Lipinski definition) is 1. The van der Waals surface area contributed by atoms with E-state index in [4.69, 9.17) is 11.6 Å². The molecule has 0 amide bonds. The Labute approximate surface area is 99.5 Å². The first-order valence-corrected chi connectivity index (χ1v) is 6.76. The Morgan fingerprint density at radius 3 is 2.62 bits per heavy atom.